The number of carbonyl (C=O) groups is 1. The van der Waals surface area contributed by atoms with E-state index in [1.165, 1.54) is 21.8 Å². The van der Waals surface area contributed by atoms with Crippen LogP contribution in [0.2, 0.25) is 0 Å². The van der Waals surface area contributed by atoms with Gasteiger partial charge in [0.25, 0.3) is 0 Å². The van der Waals surface area contributed by atoms with Crippen molar-refractivity contribution in [3.8, 4) is 0 Å². The van der Waals surface area contributed by atoms with Gasteiger partial charge in [-0.25, -0.2) is 18.4 Å². The quantitative estimate of drug-likeness (QED) is 0.795. The van der Waals surface area contributed by atoms with Crippen LogP contribution in [0.4, 0.5) is 10.9 Å². The lowest BCUT2D eigenvalue weighted by Crippen LogP contribution is -2.41. The molecule has 2 aromatic rings. The summed E-state index contributed by atoms with van der Waals surface area (Å²) in [5.74, 6) is 0.366. The van der Waals surface area contributed by atoms with Crippen molar-refractivity contribution in [2.45, 2.75) is 30.6 Å². The van der Waals surface area contributed by atoms with E-state index in [0.29, 0.717) is 30.6 Å². The van der Waals surface area contributed by atoms with Crippen LogP contribution in [0.1, 0.15) is 25.7 Å². The van der Waals surface area contributed by atoms with Crippen LogP contribution in [0.25, 0.3) is 0 Å². The predicted molar refractivity (Wildman–Crippen MR) is 108 cm³/mol. The van der Waals surface area contributed by atoms with Crippen LogP contribution < -0.4 is 10.2 Å². The molecule has 0 spiro atoms. The number of thiazole rings is 1. The average Bonchev–Trinajstić information content (AvgIpc) is 3.43. The number of rotatable bonds is 5. The van der Waals surface area contributed by atoms with E-state index in [0.717, 1.165) is 32.2 Å². The molecule has 0 radical (unpaired) electrons. The molecule has 4 heterocycles. The molecule has 4 rings (SSSR count). The van der Waals surface area contributed by atoms with E-state index in [4.69, 9.17) is 0 Å². The van der Waals surface area contributed by atoms with Gasteiger partial charge >= 0.3 is 0 Å². The van der Waals surface area contributed by atoms with Crippen molar-refractivity contribution in [2.24, 2.45) is 5.92 Å². The Hall–Kier alpha value is -2.04. The second-order valence-corrected chi connectivity index (χ2v) is 9.91. The predicted octanol–water partition coefficient (Wildman–Crippen LogP) is 2.18. The molecule has 150 valence electrons. The lowest BCUT2D eigenvalue weighted by molar-refractivity contribution is -0.120. The molecule has 0 bridgehead atoms. The van der Waals surface area contributed by atoms with Crippen molar-refractivity contribution in [3.63, 3.8) is 0 Å². The monoisotopic (exact) mass is 421 g/mol. The molecule has 0 aliphatic carbocycles. The van der Waals surface area contributed by atoms with Gasteiger partial charge in [0.05, 0.1) is 10.8 Å². The number of hydrogen-bond donors (Lipinski definition) is 1. The minimum absolute atomic E-state index is 0.0551. The number of hydrogen-bond acceptors (Lipinski definition) is 7. The molecule has 0 aromatic carbocycles. The number of amides is 1. The third kappa shape index (κ3) is 4.03. The summed E-state index contributed by atoms with van der Waals surface area (Å²) in [5, 5.41) is 5.27. The summed E-state index contributed by atoms with van der Waals surface area (Å²) in [6.07, 6.45) is 6.64. The normalized spacial score (nSPS) is 21.0. The van der Waals surface area contributed by atoms with E-state index in [9.17, 15) is 13.2 Å². The van der Waals surface area contributed by atoms with E-state index in [1.807, 2.05) is 10.3 Å². The molecule has 8 nitrogen and oxygen atoms in total. The third-order valence-corrected chi connectivity index (χ3v) is 7.78. The number of piperidine rings is 1. The van der Waals surface area contributed by atoms with E-state index in [-0.39, 0.29) is 16.7 Å². The number of nitrogens with zero attached hydrogens (tertiary/aromatic N) is 4. The van der Waals surface area contributed by atoms with E-state index >= 15 is 0 Å². The van der Waals surface area contributed by atoms with Gasteiger partial charge < -0.3 is 10.2 Å². The minimum Gasteiger partial charge on any atom is -0.356 e. The van der Waals surface area contributed by atoms with Crippen LogP contribution in [-0.4, -0.2) is 54.8 Å². The summed E-state index contributed by atoms with van der Waals surface area (Å²) in [5.41, 5.74) is 0. The second kappa shape index (κ2) is 8.14. The zero-order valence-corrected chi connectivity index (χ0v) is 17.1. The van der Waals surface area contributed by atoms with Gasteiger partial charge in [-0.3, -0.25) is 4.79 Å². The molecule has 1 unspecified atom stereocenters. The fourth-order valence-corrected chi connectivity index (χ4v) is 5.76. The van der Waals surface area contributed by atoms with Crippen LogP contribution in [0.3, 0.4) is 0 Å². The standard InChI is InChI=1S/C18H23N5O3S2/c24-17(21-18-20-7-11-27-18)14-4-3-8-22(13-14)16-12-15(5-6-19-16)28(25,26)23-9-1-2-10-23/h5-7,11-12,14H,1-4,8-10,13H2,(H,20,21,24). The minimum atomic E-state index is -3.48. The fraction of sp³-hybridized carbons (Fsp3) is 0.500. The highest BCUT2D eigenvalue weighted by Crippen LogP contribution is 2.27. The number of nitrogens with one attached hydrogen (secondary N) is 1. The summed E-state index contributed by atoms with van der Waals surface area (Å²) in [6, 6.07) is 3.18. The average molecular weight is 422 g/mol. The Bertz CT molecular complexity index is 926. The Morgan fingerprint density at radius 1 is 1.14 bits per heavy atom. The summed E-state index contributed by atoms with van der Waals surface area (Å²) in [6.45, 7) is 2.41. The molecule has 2 aliphatic heterocycles. The topological polar surface area (TPSA) is 95.5 Å². The van der Waals surface area contributed by atoms with Crippen LogP contribution >= 0.6 is 11.3 Å². The maximum Gasteiger partial charge on any atom is 0.243 e. The smallest absolute Gasteiger partial charge is 0.243 e. The summed E-state index contributed by atoms with van der Waals surface area (Å²) in [4.78, 5) is 23.3. The molecule has 10 heteroatoms. The molecule has 1 atom stereocenters. The van der Waals surface area contributed by atoms with Gasteiger partial charge in [-0.05, 0) is 31.7 Å². The molecule has 2 aromatic heterocycles. The van der Waals surface area contributed by atoms with Crippen LogP contribution in [0.15, 0.2) is 34.8 Å². The van der Waals surface area contributed by atoms with E-state index < -0.39 is 10.0 Å². The Labute approximate surface area is 168 Å². The molecule has 1 N–H and O–H groups in total. The zero-order valence-electron chi connectivity index (χ0n) is 15.5. The lowest BCUT2D eigenvalue weighted by Gasteiger charge is -2.33. The largest absolute Gasteiger partial charge is 0.356 e. The maximum atomic E-state index is 12.8. The highest BCUT2D eigenvalue weighted by Gasteiger charge is 2.30. The number of aromatic nitrogens is 2. The van der Waals surface area contributed by atoms with Gasteiger partial charge in [-0.2, -0.15) is 4.31 Å². The first-order valence-corrected chi connectivity index (χ1v) is 11.8. The number of sulfonamides is 1. The van der Waals surface area contributed by atoms with Gasteiger partial charge in [-0.15, -0.1) is 11.3 Å². The highest BCUT2D eigenvalue weighted by atomic mass is 32.2. The van der Waals surface area contributed by atoms with Crippen molar-refractivity contribution in [1.82, 2.24) is 14.3 Å². The molecule has 2 saturated heterocycles. The molecular formula is C18H23N5O3S2. The van der Waals surface area contributed by atoms with Crippen molar-refractivity contribution < 1.29 is 13.2 Å². The first-order valence-electron chi connectivity index (χ1n) is 9.45. The van der Waals surface area contributed by atoms with Crippen molar-refractivity contribution >= 4 is 38.2 Å². The van der Waals surface area contributed by atoms with Gasteiger partial charge in [0.1, 0.15) is 5.82 Å². The first kappa shape index (κ1) is 19.3. The summed E-state index contributed by atoms with van der Waals surface area (Å²) < 4.78 is 27.2. The Kier molecular flexibility index (Phi) is 5.61. The molecular weight excluding hydrogens is 398 g/mol. The Balaban J connectivity index is 1.48. The van der Waals surface area contributed by atoms with E-state index in [2.05, 4.69) is 15.3 Å². The van der Waals surface area contributed by atoms with Crippen LogP contribution in [0.5, 0.6) is 0 Å². The fourth-order valence-electron chi connectivity index (χ4n) is 3.70. The first-order chi connectivity index (χ1) is 13.5. The maximum absolute atomic E-state index is 12.8. The van der Waals surface area contributed by atoms with Gasteiger partial charge in [0.2, 0.25) is 15.9 Å². The number of carbonyl (C=O) groups excluding carboxylic acids is 1. The van der Waals surface area contributed by atoms with Crippen molar-refractivity contribution in [1.29, 1.82) is 0 Å². The Morgan fingerprint density at radius 2 is 1.96 bits per heavy atom. The number of pyridine rings is 1. The summed E-state index contributed by atoms with van der Waals surface area (Å²) >= 11 is 1.39. The van der Waals surface area contributed by atoms with Crippen molar-refractivity contribution in [2.75, 3.05) is 36.4 Å². The lowest BCUT2D eigenvalue weighted by atomic mass is 9.97. The SMILES string of the molecule is O=C(Nc1nccs1)C1CCCN(c2cc(S(=O)(=O)N3CCCC3)ccn2)C1. The van der Waals surface area contributed by atoms with Gasteiger partial charge in [0.15, 0.2) is 5.13 Å². The molecule has 0 saturated carbocycles. The molecule has 2 fully saturated rings. The molecule has 1 amide bonds. The molecule has 2 aliphatic rings. The van der Waals surface area contributed by atoms with Crippen molar-refractivity contribution in [3.05, 3.63) is 29.9 Å². The molecule has 28 heavy (non-hydrogen) atoms. The van der Waals surface area contributed by atoms with Gasteiger partial charge in [0, 0.05) is 50.0 Å². The Morgan fingerprint density at radius 3 is 2.71 bits per heavy atom. The zero-order chi connectivity index (χ0) is 19.6. The second-order valence-electron chi connectivity index (χ2n) is 7.07. The number of anilines is 2. The van der Waals surface area contributed by atoms with Gasteiger partial charge in [-0.1, -0.05) is 0 Å². The third-order valence-electron chi connectivity index (χ3n) is 5.20. The summed E-state index contributed by atoms with van der Waals surface area (Å²) in [7, 11) is -3.48. The van der Waals surface area contributed by atoms with Crippen LogP contribution in [0, 0.1) is 5.92 Å². The van der Waals surface area contributed by atoms with E-state index in [1.54, 1.807) is 18.3 Å². The van der Waals surface area contributed by atoms with Crippen LogP contribution in [-0.2, 0) is 14.8 Å². The highest BCUT2D eigenvalue weighted by molar-refractivity contribution is 7.89.